The molecule has 0 unspecified atom stereocenters. The number of nitrogens with zero attached hydrogens (tertiary/aromatic N) is 3. The molecule has 0 atom stereocenters. The molecule has 0 saturated carbocycles. The molecule has 1 aromatic heterocycles. The summed E-state index contributed by atoms with van der Waals surface area (Å²) in [5.74, 6) is 0.765. The number of hydrogen-bond donors (Lipinski definition) is 1. The molecule has 154 valence electrons. The van der Waals surface area contributed by atoms with E-state index < -0.39 is 0 Å². The van der Waals surface area contributed by atoms with Crippen molar-refractivity contribution in [1.29, 1.82) is 5.26 Å². The first-order valence-corrected chi connectivity index (χ1v) is 9.89. The van der Waals surface area contributed by atoms with Gasteiger partial charge in [0.15, 0.2) is 0 Å². The predicted octanol–water partition coefficient (Wildman–Crippen LogP) is 5.06. The van der Waals surface area contributed by atoms with Crippen LogP contribution in [0.3, 0.4) is 0 Å². The zero-order valence-electron chi connectivity index (χ0n) is 17.0. The summed E-state index contributed by atoms with van der Waals surface area (Å²) in [6.45, 7) is 0.599. The number of aromatic nitrogens is 2. The van der Waals surface area contributed by atoms with Crippen molar-refractivity contribution in [2.75, 3.05) is 6.54 Å². The second-order valence-corrected chi connectivity index (χ2v) is 7.16. The Hall–Kier alpha value is -3.95. The molecule has 4 rings (SSSR count). The van der Waals surface area contributed by atoms with Gasteiger partial charge in [-0.3, -0.25) is 0 Å². The Labute approximate surface area is 180 Å². The fourth-order valence-electron chi connectivity index (χ4n) is 3.35. The minimum absolute atomic E-state index is 0.299. The van der Waals surface area contributed by atoms with Crippen molar-refractivity contribution in [2.24, 2.45) is 12.8 Å². The Bertz CT molecular complexity index is 1240. The highest BCUT2D eigenvalue weighted by atomic mass is 19.1. The van der Waals surface area contributed by atoms with Crippen LogP contribution in [0.15, 0.2) is 72.8 Å². The van der Waals surface area contributed by atoms with Gasteiger partial charge in [-0.2, -0.15) is 10.4 Å². The minimum Gasteiger partial charge on any atom is -0.439 e. The van der Waals surface area contributed by atoms with Crippen LogP contribution in [0.5, 0.6) is 11.6 Å². The van der Waals surface area contributed by atoms with Crippen LogP contribution in [0.4, 0.5) is 4.39 Å². The molecule has 4 aromatic rings. The van der Waals surface area contributed by atoms with Gasteiger partial charge in [0.25, 0.3) is 0 Å². The van der Waals surface area contributed by atoms with E-state index in [1.807, 2.05) is 30.3 Å². The molecule has 0 aliphatic rings. The third-order valence-electron chi connectivity index (χ3n) is 5.00. The Morgan fingerprint density at radius 2 is 1.71 bits per heavy atom. The summed E-state index contributed by atoms with van der Waals surface area (Å²) in [6.07, 6.45) is 0.818. The van der Waals surface area contributed by atoms with E-state index in [-0.39, 0.29) is 5.82 Å². The second kappa shape index (κ2) is 8.82. The zero-order valence-corrected chi connectivity index (χ0v) is 17.0. The van der Waals surface area contributed by atoms with E-state index >= 15 is 0 Å². The molecule has 0 amide bonds. The highest BCUT2D eigenvalue weighted by Gasteiger charge is 2.14. The summed E-state index contributed by atoms with van der Waals surface area (Å²) in [5.41, 5.74) is 10.6. The maximum Gasteiger partial charge on any atom is 0.218 e. The van der Waals surface area contributed by atoms with Crippen LogP contribution in [0.1, 0.15) is 11.1 Å². The lowest BCUT2D eigenvalue weighted by Gasteiger charge is -2.12. The van der Waals surface area contributed by atoms with E-state index in [0.717, 1.165) is 28.7 Å². The van der Waals surface area contributed by atoms with Gasteiger partial charge in [-0.25, -0.2) is 9.07 Å². The molecule has 5 nitrogen and oxygen atoms in total. The van der Waals surface area contributed by atoms with Crippen molar-refractivity contribution in [1.82, 2.24) is 9.78 Å². The summed E-state index contributed by atoms with van der Waals surface area (Å²) in [7, 11) is 1.78. The normalized spacial score (nSPS) is 10.6. The van der Waals surface area contributed by atoms with Gasteiger partial charge in [-0.15, -0.1) is 0 Å². The molecule has 0 spiro atoms. The average molecular weight is 412 g/mol. The summed E-state index contributed by atoms with van der Waals surface area (Å²) in [4.78, 5) is 0. The van der Waals surface area contributed by atoms with Gasteiger partial charge in [0.1, 0.15) is 11.6 Å². The van der Waals surface area contributed by atoms with Crippen molar-refractivity contribution in [3.63, 3.8) is 0 Å². The van der Waals surface area contributed by atoms with Gasteiger partial charge in [-0.05, 0) is 66.6 Å². The Morgan fingerprint density at radius 3 is 2.39 bits per heavy atom. The lowest BCUT2D eigenvalue weighted by molar-refractivity contribution is 0.432. The first-order valence-electron chi connectivity index (χ1n) is 9.89. The summed E-state index contributed by atoms with van der Waals surface area (Å²) >= 11 is 0. The minimum atomic E-state index is -0.299. The van der Waals surface area contributed by atoms with E-state index in [0.29, 0.717) is 29.4 Å². The molecule has 6 heteroatoms. The van der Waals surface area contributed by atoms with E-state index in [2.05, 4.69) is 11.2 Å². The third-order valence-corrected chi connectivity index (χ3v) is 5.00. The number of nitrogens with two attached hydrogens (primary N) is 1. The quantitative estimate of drug-likeness (QED) is 0.480. The molecule has 0 radical (unpaired) electrons. The zero-order chi connectivity index (χ0) is 21.8. The molecule has 0 saturated heterocycles. The van der Waals surface area contributed by atoms with E-state index in [1.165, 1.54) is 12.1 Å². The smallest absolute Gasteiger partial charge is 0.218 e. The molecule has 3 aromatic carbocycles. The maximum atomic E-state index is 13.2. The Morgan fingerprint density at radius 1 is 1.00 bits per heavy atom. The van der Waals surface area contributed by atoms with Crippen LogP contribution in [-0.4, -0.2) is 16.3 Å². The van der Waals surface area contributed by atoms with E-state index in [1.54, 1.807) is 42.1 Å². The van der Waals surface area contributed by atoms with Crippen molar-refractivity contribution < 1.29 is 9.13 Å². The first kappa shape index (κ1) is 20.3. The fraction of sp³-hybridized carbons (Fsp3) is 0.120. The molecule has 0 aliphatic heterocycles. The molecule has 31 heavy (non-hydrogen) atoms. The van der Waals surface area contributed by atoms with Gasteiger partial charge in [0, 0.05) is 24.2 Å². The molecule has 0 bridgehead atoms. The Balaban J connectivity index is 1.69. The monoisotopic (exact) mass is 412 g/mol. The van der Waals surface area contributed by atoms with Gasteiger partial charge in [0.05, 0.1) is 17.3 Å². The second-order valence-electron chi connectivity index (χ2n) is 7.16. The standard InChI is InChI=1S/C25H21FN4O/c1-30-25(15-23(29-30)20-7-9-21(26)10-8-20)31-24-14-18(16-28)4-11-22(24)19-5-2-17(3-6-19)12-13-27/h2-11,14-15H,12-13,27H2,1H3. The first-order chi connectivity index (χ1) is 15.1. The number of halogens is 1. The number of benzene rings is 3. The SMILES string of the molecule is Cn1nc(-c2ccc(F)cc2)cc1Oc1cc(C#N)ccc1-c1ccc(CCN)cc1. The largest absolute Gasteiger partial charge is 0.439 e. The molecule has 0 aliphatic carbocycles. The van der Waals surface area contributed by atoms with Crippen LogP contribution >= 0.6 is 0 Å². The van der Waals surface area contributed by atoms with Gasteiger partial charge >= 0.3 is 0 Å². The third kappa shape index (κ3) is 4.47. The van der Waals surface area contributed by atoms with Gasteiger partial charge in [0.2, 0.25) is 5.88 Å². The topological polar surface area (TPSA) is 76.9 Å². The molecule has 0 fully saturated rings. The van der Waals surface area contributed by atoms with Crippen LogP contribution in [0.25, 0.3) is 22.4 Å². The van der Waals surface area contributed by atoms with E-state index in [9.17, 15) is 9.65 Å². The fourth-order valence-corrected chi connectivity index (χ4v) is 3.35. The summed E-state index contributed by atoms with van der Waals surface area (Å²) < 4.78 is 21.0. The number of rotatable bonds is 6. The molecule has 2 N–H and O–H groups in total. The van der Waals surface area contributed by atoms with Gasteiger partial charge < -0.3 is 10.5 Å². The summed E-state index contributed by atoms with van der Waals surface area (Å²) in [5, 5.41) is 13.8. The predicted molar refractivity (Wildman–Crippen MR) is 118 cm³/mol. The molecular weight excluding hydrogens is 391 g/mol. The highest BCUT2D eigenvalue weighted by Crippen LogP contribution is 2.35. The van der Waals surface area contributed by atoms with Crippen molar-refractivity contribution in [3.05, 3.63) is 89.7 Å². The lowest BCUT2D eigenvalue weighted by atomic mass is 10.0. The number of aryl methyl sites for hydroxylation is 1. The van der Waals surface area contributed by atoms with Crippen LogP contribution in [-0.2, 0) is 13.5 Å². The van der Waals surface area contributed by atoms with Crippen LogP contribution in [0.2, 0.25) is 0 Å². The van der Waals surface area contributed by atoms with Crippen LogP contribution < -0.4 is 10.5 Å². The lowest BCUT2D eigenvalue weighted by Crippen LogP contribution is -2.02. The van der Waals surface area contributed by atoms with Crippen molar-refractivity contribution >= 4 is 0 Å². The van der Waals surface area contributed by atoms with Crippen molar-refractivity contribution in [3.8, 4) is 40.1 Å². The number of nitriles is 1. The summed E-state index contributed by atoms with van der Waals surface area (Å²) in [6, 6.07) is 23.6. The highest BCUT2D eigenvalue weighted by molar-refractivity contribution is 5.72. The number of ether oxygens (including phenoxy) is 1. The van der Waals surface area contributed by atoms with E-state index in [4.69, 9.17) is 10.5 Å². The van der Waals surface area contributed by atoms with Crippen molar-refractivity contribution in [2.45, 2.75) is 6.42 Å². The molecule has 1 heterocycles. The molecular formula is C25H21FN4O. The Kier molecular flexibility index (Phi) is 5.78. The van der Waals surface area contributed by atoms with Crippen LogP contribution in [0, 0.1) is 17.1 Å². The average Bonchev–Trinajstić information content (AvgIpc) is 3.15. The number of hydrogen-bond acceptors (Lipinski definition) is 4. The van der Waals surface area contributed by atoms with Gasteiger partial charge in [-0.1, -0.05) is 24.3 Å². The maximum absolute atomic E-state index is 13.2.